The van der Waals surface area contributed by atoms with Gasteiger partial charge in [0.2, 0.25) is 0 Å². The summed E-state index contributed by atoms with van der Waals surface area (Å²) in [5.41, 5.74) is 5.33. The second-order valence-corrected chi connectivity index (χ2v) is 2.18. The van der Waals surface area contributed by atoms with Gasteiger partial charge in [-0.15, -0.1) is 0 Å². The van der Waals surface area contributed by atoms with Crippen LogP contribution in [-0.4, -0.2) is 23.5 Å². The summed E-state index contributed by atoms with van der Waals surface area (Å²) in [6, 6.07) is 0. The highest BCUT2D eigenvalue weighted by Gasteiger charge is 2.27. The Kier molecular flexibility index (Phi) is 1.51. The zero-order chi connectivity index (χ0) is 6.15. The van der Waals surface area contributed by atoms with Gasteiger partial charge in [-0.2, -0.15) is 0 Å². The van der Waals surface area contributed by atoms with Crippen molar-refractivity contribution in [1.82, 2.24) is 0 Å². The summed E-state index contributed by atoms with van der Waals surface area (Å²) in [5.74, 6) is 0. The summed E-state index contributed by atoms with van der Waals surface area (Å²) < 4.78 is 5.00. The van der Waals surface area contributed by atoms with E-state index in [1.54, 1.807) is 0 Å². The summed E-state index contributed by atoms with van der Waals surface area (Å²) in [5, 5.41) is 8.96. The molecule has 0 radical (unpaired) electrons. The third-order valence-corrected chi connectivity index (χ3v) is 1.41. The lowest BCUT2D eigenvalue weighted by Crippen LogP contribution is -2.18. The van der Waals surface area contributed by atoms with Crippen molar-refractivity contribution in [3.05, 3.63) is 0 Å². The molecule has 3 N–H and O–H groups in total. The fraction of sp³-hybridized carbons (Fsp3) is 1.00. The molecule has 1 heterocycles. The van der Waals surface area contributed by atoms with E-state index >= 15 is 0 Å². The molecule has 3 heteroatoms. The third-order valence-electron chi connectivity index (χ3n) is 1.41. The summed E-state index contributed by atoms with van der Waals surface area (Å²) in [6.45, 7) is 1.82. The number of ether oxygens (including phenoxy) is 1. The molecule has 0 aromatic carbocycles. The highest BCUT2D eigenvalue weighted by molar-refractivity contribution is 4.74. The number of hydrogen-bond acceptors (Lipinski definition) is 3. The van der Waals surface area contributed by atoms with Gasteiger partial charge < -0.3 is 15.6 Å². The van der Waals surface area contributed by atoms with Gasteiger partial charge in [-0.05, 0) is 6.92 Å². The second kappa shape index (κ2) is 2.01. The smallest absolute Gasteiger partial charge is 0.108 e. The van der Waals surface area contributed by atoms with Gasteiger partial charge in [0, 0.05) is 6.42 Å². The van der Waals surface area contributed by atoms with Crippen molar-refractivity contribution in [2.24, 2.45) is 5.73 Å². The van der Waals surface area contributed by atoms with E-state index in [4.69, 9.17) is 15.6 Å². The first kappa shape index (κ1) is 6.01. The Morgan fingerprint density at radius 2 is 2.38 bits per heavy atom. The Bertz CT molecular complexity index is 76.5. The van der Waals surface area contributed by atoms with Gasteiger partial charge in [0.15, 0.2) is 0 Å². The average Bonchev–Trinajstić information content (AvgIpc) is 1.85. The molecule has 3 nitrogen and oxygen atoms in total. The van der Waals surface area contributed by atoms with Crippen LogP contribution in [0.25, 0.3) is 0 Å². The quantitative estimate of drug-likeness (QED) is 0.447. The number of aliphatic hydroxyl groups is 1. The van der Waals surface area contributed by atoms with Crippen LogP contribution >= 0.6 is 0 Å². The summed E-state index contributed by atoms with van der Waals surface area (Å²) in [7, 11) is 0. The molecule has 8 heavy (non-hydrogen) atoms. The molecule has 1 aliphatic heterocycles. The number of nitrogens with two attached hydrogens (primary N) is 1. The van der Waals surface area contributed by atoms with E-state index < -0.39 is 0 Å². The molecule has 0 saturated carbocycles. The van der Waals surface area contributed by atoms with Crippen molar-refractivity contribution in [1.29, 1.82) is 0 Å². The predicted molar refractivity (Wildman–Crippen MR) is 29.1 cm³/mol. The van der Waals surface area contributed by atoms with Crippen molar-refractivity contribution in [2.45, 2.75) is 31.8 Å². The van der Waals surface area contributed by atoms with Gasteiger partial charge >= 0.3 is 0 Å². The lowest BCUT2D eigenvalue weighted by Gasteiger charge is -2.04. The van der Waals surface area contributed by atoms with E-state index in [0.29, 0.717) is 6.42 Å². The lowest BCUT2D eigenvalue weighted by atomic mass is 10.2. The van der Waals surface area contributed by atoms with Crippen LogP contribution in [0.3, 0.4) is 0 Å². The van der Waals surface area contributed by atoms with Crippen molar-refractivity contribution in [2.75, 3.05) is 0 Å². The van der Waals surface area contributed by atoms with Crippen molar-refractivity contribution < 1.29 is 9.84 Å². The van der Waals surface area contributed by atoms with Crippen LogP contribution in [0.15, 0.2) is 0 Å². The van der Waals surface area contributed by atoms with Crippen LogP contribution in [0.1, 0.15) is 13.3 Å². The zero-order valence-electron chi connectivity index (χ0n) is 4.87. The highest BCUT2D eigenvalue weighted by Crippen LogP contribution is 2.15. The maximum atomic E-state index is 8.96. The number of hydrogen-bond donors (Lipinski definition) is 2. The molecule has 0 aliphatic carbocycles. The van der Waals surface area contributed by atoms with E-state index in [1.165, 1.54) is 0 Å². The average molecular weight is 117 g/mol. The number of rotatable bonds is 0. The Balaban J connectivity index is 2.39. The molecule has 1 saturated heterocycles. The fourth-order valence-corrected chi connectivity index (χ4v) is 0.852. The first-order valence-electron chi connectivity index (χ1n) is 2.79. The Hall–Kier alpha value is -0.120. The van der Waals surface area contributed by atoms with Crippen LogP contribution < -0.4 is 5.73 Å². The molecule has 3 atom stereocenters. The maximum absolute atomic E-state index is 8.96. The first-order chi connectivity index (χ1) is 3.70. The van der Waals surface area contributed by atoms with Gasteiger partial charge in [0.25, 0.3) is 0 Å². The lowest BCUT2D eigenvalue weighted by molar-refractivity contribution is 0.0247. The highest BCUT2D eigenvalue weighted by atomic mass is 16.5. The van der Waals surface area contributed by atoms with E-state index in [-0.39, 0.29) is 18.4 Å². The molecule has 0 aromatic rings. The van der Waals surface area contributed by atoms with E-state index in [1.807, 2.05) is 6.92 Å². The van der Waals surface area contributed by atoms with Crippen LogP contribution in [-0.2, 0) is 4.74 Å². The largest absolute Gasteiger partial charge is 0.390 e. The molecule has 48 valence electrons. The Morgan fingerprint density at radius 3 is 2.50 bits per heavy atom. The molecule has 0 bridgehead atoms. The van der Waals surface area contributed by atoms with Crippen molar-refractivity contribution in [3.63, 3.8) is 0 Å². The maximum Gasteiger partial charge on any atom is 0.108 e. The predicted octanol–water partition coefficient (Wildman–Crippen LogP) is -0.559. The standard InChI is InChI=1S/C5H11NO2/c1-3-4(7)2-5(6)8-3/h3-5,7H,2,6H2,1H3. The Labute approximate surface area is 48.4 Å². The van der Waals surface area contributed by atoms with Crippen molar-refractivity contribution in [3.8, 4) is 0 Å². The zero-order valence-corrected chi connectivity index (χ0v) is 4.87. The molecule has 1 aliphatic rings. The fourth-order valence-electron chi connectivity index (χ4n) is 0.852. The molecule has 3 unspecified atom stereocenters. The second-order valence-electron chi connectivity index (χ2n) is 2.18. The Morgan fingerprint density at radius 1 is 1.75 bits per heavy atom. The van der Waals surface area contributed by atoms with Crippen LogP contribution in [0.2, 0.25) is 0 Å². The van der Waals surface area contributed by atoms with Gasteiger partial charge in [-0.25, -0.2) is 0 Å². The van der Waals surface area contributed by atoms with Gasteiger partial charge in [-0.3, -0.25) is 0 Å². The molecule has 1 rings (SSSR count). The molecule has 0 amide bonds. The van der Waals surface area contributed by atoms with E-state index in [0.717, 1.165) is 0 Å². The molecular formula is C5H11NO2. The molecule has 0 spiro atoms. The van der Waals surface area contributed by atoms with E-state index in [9.17, 15) is 0 Å². The van der Waals surface area contributed by atoms with Gasteiger partial charge in [0.1, 0.15) is 6.23 Å². The van der Waals surface area contributed by atoms with Gasteiger partial charge in [-0.1, -0.05) is 0 Å². The van der Waals surface area contributed by atoms with Crippen LogP contribution in [0.5, 0.6) is 0 Å². The minimum absolute atomic E-state index is 0.0787. The van der Waals surface area contributed by atoms with Crippen molar-refractivity contribution >= 4 is 0 Å². The summed E-state index contributed by atoms with van der Waals surface area (Å²) in [6.07, 6.45) is -0.115. The number of aliphatic hydroxyl groups excluding tert-OH is 1. The SMILES string of the molecule is CC1OC(N)CC1O. The van der Waals surface area contributed by atoms with Crippen LogP contribution in [0, 0.1) is 0 Å². The molecule has 1 fully saturated rings. The first-order valence-corrected chi connectivity index (χ1v) is 2.79. The monoisotopic (exact) mass is 117 g/mol. The third kappa shape index (κ3) is 0.992. The van der Waals surface area contributed by atoms with Crippen LogP contribution in [0.4, 0.5) is 0 Å². The topological polar surface area (TPSA) is 55.5 Å². The summed E-state index contributed by atoms with van der Waals surface area (Å²) >= 11 is 0. The minimum Gasteiger partial charge on any atom is -0.390 e. The minimum atomic E-state index is -0.356. The molecule has 0 aromatic heterocycles. The summed E-state index contributed by atoms with van der Waals surface area (Å²) in [4.78, 5) is 0. The van der Waals surface area contributed by atoms with Gasteiger partial charge in [0.05, 0.1) is 12.2 Å². The molecular weight excluding hydrogens is 106 g/mol. The van der Waals surface area contributed by atoms with E-state index in [2.05, 4.69) is 0 Å². The normalized spacial score (nSPS) is 47.6.